The van der Waals surface area contributed by atoms with Gasteiger partial charge in [-0.05, 0) is 47.1 Å². The fraction of sp³-hybridized carbons (Fsp3) is 0.538. The minimum Gasteiger partial charge on any atom is -0.392 e. The summed E-state index contributed by atoms with van der Waals surface area (Å²) in [5.41, 5.74) is 1.36. The van der Waals surface area contributed by atoms with Gasteiger partial charge in [-0.1, -0.05) is 6.07 Å². The molecule has 6 nitrogen and oxygen atoms in total. The molecule has 0 saturated carbocycles. The fourth-order valence-corrected chi connectivity index (χ4v) is 4.41. The zero-order chi connectivity index (χ0) is 15.6. The normalized spacial score (nSPS) is 18.1. The maximum atomic E-state index is 12.5. The molecule has 0 radical (unpaired) electrons. The van der Waals surface area contributed by atoms with Gasteiger partial charge >= 0.3 is 0 Å². The van der Waals surface area contributed by atoms with Crippen LogP contribution < -0.4 is 4.83 Å². The first kappa shape index (κ1) is 16.9. The van der Waals surface area contributed by atoms with E-state index >= 15 is 0 Å². The molecule has 8 heteroatoms. The molecule has 1 saturated heterocycles. The Kier molecular flexibility index (Phi) is 5.39. The van der Waals surface area contributed by atoms with E-state index in [-0.39, 0.29) is 11.5 Å². The zero-order valence-electron chi connectivity index (χ0n) is 12.1. The lowest BCUT2D eigenvalue weighted by Gasteiger charge is -2.32. The minimum absolute atomic E-state index is 0.158. The maximum Gasteiger partial charge on any atom is 0.254 e. The highest BCUT2D eigenvalue weighted by Crippen LogP contribution is 2.27. The number of rotatable bonds is 4. The minimum atomic E-state index is -3.66. The molecule has 1 heterocycles. The van der Waals surface area contributed by atoms with E-state index in [1.807, 2.05) is 7.05 Å². The predicted molar refractivity (Wildman–Crippen MR) is 84.2 cm³/mol. The number of likely N-dealkylation sites (N-methyl/N-ethyl adjacent to an activating group) is 1. The second kappa shape index (κ2) is 6.72. The summed E-state index contributed by atoms with van der Waals surface area (Å²) in [4.78, 5) is 4.93. The van der Waals surface area contributed by atoms with Crippen LogP contribution in [0.2, 0.25) is 0 Å². The molecule has 1 fully saturated rings. The first-order chi connectivity index (χ1) is 9.83. The van der Waals surface area contributed by atoms with E-state index in [4.69, 9.17) is 0 Å². The molecule has 0 unspecified atom stereocenters. The van der Waals surface area contributed by atoms with Crippen molar-refractivity contribution in [1.82, 2.24) is 14.7 Å². The van der Waals surface area contributed by atoms with Crippen molar-refractivity contribution >= 4 is 26.0 Å². The first-order valence-corrected chi connectivity index (χ1v) is 8.97. The number of aliphatic hydroxyl groups excluding tert-OH is 1. The van der Waals surface area contributed by atoms with E-state index in [0.29, 0.717) is 23.1 Å². The van der Waals surface area contributed by atoms with Crippen molar-refractivity contribution in [2.45, 2.75) is 18.4 Å². The van der Waals surface area contributed by atoms with Crippen LogP contribution in [0.4, 0.5) is 0 Å². The summed E-state index contributed by atoms with van der Waals surface area (Å²) in [7, 11) is -1.65. The Morgan fingerprint density at radius 3 is 2.48 bits per heavy atom. The molecule has 0 amide bonds. The molecule has 0 aliphatic carbocycles. The molecule has 0 bridgehead atoms. The quantitative estimate of drug-likeness (QED) is 0.807. The van der Waals surface area contributed by atoms with Gasteiger partial charge in [0.1, 0.15) is 0 Å². The summed E-state index contributed by atoms with van der Waals surface area (Å²) >= 11 is 3.33. The number of hydrogen-bond acceptors (Lipinski definition) is 5. The van der Waals surface area contributed by atoms with Gasteiger partial charge in [-0.15, -0.1) is 4.83 Å². The van der Waals surface area contributed by atoms with Crippen LogP contribution in [0, 0.1) is 6.92 Å². The molecule has 1 aromatic carbocycles. The van der Waals surface area contributed by atoms with Crippen LogP contribution in [0.1, 0.15) is 11.1 Å². The number of hydrogen-bond donors (Lipinski definition) is 2. The van der Waals surface area contributed by atoms with E-state index in [9.17, 15) is 13.5 Å². The largest absolute Gasteiger partial charge is 0.392 e. The average Bonchev–Trinajstić information content (AvgIpc) is 2.43. The van der Waals surface area contributed by atoms with Crippen molar-refractivity contribution < 1.29 is 13.5 Å². The lowest BCUT2D eigenvalue weighted by Crippen LogP contribution is -2.52. The molecule has 0 atom stereocenters. The molecule has 21 heavy (non-hydrogen) atoms. The Labute approximate surface area is 133 Å². The SMILES string of the molecule is Cc1cc(CO)cc(S(=O)(=O)NN2CCN(C)CC2)c1Br. The number of aliphatic hydroxyl groups is 1. The summed E-state index contributed by atoms with van der Waals surface area (Å²) in [6.07, 6.45) is 0. The standard InChI is InChI=1S/C13H20BrN3O3S/c1-10-7-11(9-18)8-12(13(10)14)21(19,20)15-17-5-3-16(2)4-6-17/h7-8,15,18H,3-6,9H2,1-2H3. The van der Waals surface area contributed by atoms with Crippen LogP contribution in [-0.2, 0) is 16.6 Å². The van der Waals surface area contributed by atoms with Gasteiger partial charge in [-0.2, -0.15) is 0 Å². The number of nitrogens with one attached hydrogen (secondary N) is 1. The van der Waals surface area contributed by atoms with E-state index in [1.54, 1.807) is 18.0 Å². The first-order valence-electron chi connectivity index (χ1n) is 6.69. The van der Waals surface area contributed by atoms with Gasteiger partial charge in [-0.25, -0.2) is 13.4 Å². The van der Waals surface area contributed by atoms with Crippen LogP contribution in [0.5, 0.6) is 0 Å². The number of piperazine rings is 1. The highest BCUT2D eigenvalue weighted by Gasteiger charge is 2.24. The molecular formula is C13H20BrN3O3S. The summed E-state index contributed by atoms with van der Waals surface area (Å²) in [6.45, 7) is 4.54. The fourth-order valence-electron chi connectivity index (χ4n) is 2.21. The van der Waals surface area contributed by atoms with E-state index in [2.05, 4.69) is 25.7 Å². The van der Waals surface area contributed by atoms with Crippen molar-refractivity contribution in [1.29, 1.82) is 0 Å². The Balaban J connectivity index is 2.25. The topological polar surface area (TPSA) is 72.9 Å². The molecule has 0 spiro atoms. The Bertz CT molecular complexity index is 613. The second-order valence-electron chi connectivity index (χ2n) is 5.27. The van der Waals surface area contributed by atoms with Gasteiger partial charge in [0, 0.05) is 30.7 Å². The van der Waals surface area contributed by atoms with Crippen molar-refractivity contribution in [3.63, 3.8) is 0 Å². The highest BCUT2D eigenvalue weighted by molar-refractivity contribution is 9.10. The Hall–Kier alpha value is -0.510. The summed E-state index contributed by atoms with van der Waals surface area (Å²) in [5, 5.41) is 11.0. The lowest BCUT2D eigenvalue weighted by molar-refractivity contribution is 0.135. The highest BCUT2D eigenvalue weighted by atomic mass is 79.9. The third kappa shape index (κ3) is 4.02. The number of hydrazine groups is 1. The lowest BCUT2D eigenvalue weighted by atomic mass is 10.1. The third-order valence-electron chi connectivity index (χ3n) is 3.51. The molecule has 118 valence electrons. The van der Waals surface area contributed by atoms with E-state index < -0.39 is 10.0 Å². The smallest absolute Gasteiger partial charge is 0.254 e. The maximum absolute atomic E-state index is 12.5. The average molecular weight is 378 g/mol. The summed E-state index contributed by atoms with van der Waals surface area (Å²) in [5.74, 6) is 0. The number of benzene rings is 1. The van der Waals surface area contributed by atoms with Gasteiger partial charge in [0.05, 0.1) is 11.5 Å². The Morgan fingerprint density at radius 2 is 1.90 bits per heavy atom. The molecule has 2 N–H and O–H groups in total. The number of sulfonamides is 1. The molecule has 2 rings (SSSR count). The molecule has 0 aromatic heterocycles. The molecule has 1 aliphatic heterocycles. The van der Waals surface area contributed by atoms with Crippen molar-refractivity contribution in [2.24, 2.45) is 0 Å². The van der Waals surface area contributed by atoms with Crippen LogP contribution in [0.25, 0.3) is 0 Å². The third-order valence-corrected chi connectivity index (χ3v) is 6.22. The summed E-state index contributed by atoms with van der Waals surface area (Å²) < 4.78 is 25.6. The van der Waals surface area contributed by atoms with Crippen molar-refractivity contribution in [3.05, 3.63) is 27.7 Å². The van der Waals surface area contributed by atoms with Gasteiger partial charge in [0.2, 0.25) is 0 Å². The second-order valence-corrected chi connectivity index (χ2v) is 7.69. The monoisotopic (exact) mass is 377 g/mol. The van der Waals surface area contributed by atoms with Crippen LogP contribution in [0.3, 0.4) is 0 Å². The van der Waals surface area contributed by atoms with E-state index in [1.165, 1.54) is 6.07 Å². The van der Waals surface area contributed by atoms with Gasteiger partial charge < -0.3 is 10.0 Å². The predicted octanol–water partition coefficient (Wildman–Crippen LogP) is 0.691. The number of nitrogens with zero attached hydrogens (tertiary/aromatic N) is 2. The van der Waals surface area contributed by atoms with Gasteiger partial charge in [-0.3, -0.25) is 0 Å². The number of halogens is 1. The molecule has 1 aliphatic rings. The van der Waals surface area contributed by atoms with Gasteiger partial charge in [0.15, 0.2) is 0 Å². The van der Waals surface area contributed by atoms with Crippen LogP contribution >= 0.6 is 15.9 Å². The zero-order valence-corrected chi connectivity index (χ0v) is 14.5. The Morgan fingerprint density at radius 1 is 1.29 bits per heavy atom. The number of aryl methyl sites for hydroxylation is 1. The van der Waals surface area contributed by atoms with Crippen molar-refractivity contribution in [3.8, 4) is 0 Å². The van der Waals surface area contributed by atoms with Gasteiger partial charge in [0.25, 0.3) is 10.0 Å². The van der Waals surface area contributed by atoms with Crippen LogP contribution in [-0.4, -0.2) is 56.7 Å². The van der Waals surface area contributed by atoms with Crippen molar-refractivity contribution in [2.75, 3.05) is 33.2 Å². The summed E-state index contributed by atoms with van der Waals surface area (Å²) in [6, 6.07) is 3.26. The van der Waals surface area contributed by atoms with Crippen LogP contribution in [0.15, 0.2) is 21.5 Å². The molecular weight excluding hydrogens is 358 g/mol. The van der Waals surface area contributed by atoms with E-state index in [0.717, 1.165) is 18.7 Å². The molecule has 1 aromatic rings.